The number of fused-ring (bicyclic) bond motifs is 1. The van der Waals surface area contributed by atoms with Crippen molar-refractivity contribution in [2.75, 3.05) is 0 Å². The lowest BCUT2D eigenvalue weighted by molar-refractivity contribution is 0.225. The molecule has 0 heterocycles. The van der Waals surface area contributed by atoms with Gasteiger partial charge in [0.05, 0.1) is 6.10 Å². The topological polar surface area (TPSA) is 43.4 Å². The van der Waals surface area contributed by atoms with Crippen LogP contribution in [-0.2, 0) is 14.3 Å². The van der Waals surface area contributed by atoms with Crippen LogP contribution in [0.2, 0.25) is 0 Å². The average molecular weight is 264 g/mol. The van der Waals surface area contributed by atoms with Gasteiger partial charge in [-0.05, 0) is 24.8 Å². The van der Waals surface area contributed by atoms with Crippen molar-refractivity contribution in [3.05, 3.63) is 42.5 Å². The third kappa shape index (κ3) is 2.54. The Labute approximate surface area is 108 Å². The van der Waals surface area contributed by atoms with Crippen LogP contribution in [0.5, 0.6) is 0 Å². The minimum Gasteiger partial charge on any atom is -0.263 e. The highest BCUT2D eigenvalue weighted by Crippen LogP contribution is 2.25. The fraction of sp³-hybridized carbons (Fsp3) is 0.286. The third-order valence-corrected chi connectivity index (χ3v) is 4.36. The lowest BCUT2D eigenvalue weighted by atomic mass is 10.1. The highest BCUT2D eigenvalue weighted by Gasteiger charge is 2.20. The van der Waals surface area contributed by atoms with Gasteiger partial charge in [-0.2, -0.15) is 8.42 Å². The SMILES string of the molecule is CCC(C)OS(=O)(=O)c1cccc2ccccc12. The molecule has 0 aliphatic heterocycles. The maximum Gasteiger partial charge on any atom is 0.297 e. The van der Waals surface area contributed by atoms with Crippen molar-refractivity contribution in [3.8, 4) is 0 Å². The van der Waals surface area contributed by atoms with Crippen molar-refractivity contribution in [3.63, 3.8) is 0 Å². The summed E-state index contributed by atoms with van der Waals surface area (Å²) in [5.74, 6) is 0. The Kier molecular flexibility index (Phi) is 3.68. The van der Waals surface area contributed by atoms with E-state index in [0.717, 1.165) is 5.39 Å². The predicted octanol–water partition coefficient (Wildman–Crippen LogP) is 3.34. The molecule has 0 aromatic heterocycles. The van der Waals surface area contributed by atoms with Gasteiger partial charge in [0.2, 0.25) is 0 Å². The zero-order valence-corrected chi connectivity index (χ0v) is 11.3. The second kappa shape index (κ2) is 5.08. The predicted molar refractivity (Wildman–Crippen MR) is 72.0 cm³/mol. The summed E-state index contributed by atoms with van der Waals surface area (Å²) in [5.41, 5.74) is 0. The Bertz CT molecular complexity index is 642. The van der Waals surface area contributed by atoms with Gasteiger partial charge in [-0.25, -0.2) is 0 Å². The zero-order valence-electron chi connectivity index (χ0n) is 10.5. The summed E-state index contributed by atoms with van der Waals surface area (Å²) in [6, 6.07) is 12.6. The average Bonchev–Trinajstić information content (AvgIpc) is 2.37. The molecular formula is C14H16O3S. The molecule has 0 N–H and O–H groups in total. The van der Waals surface area contributed by atoms with Gasteiger partial charge in [0, 0.05) is 5.39 Å². The summed E-state index contributed by atoms with van der Waals surface area (Å²) >= 11 is 0. The molecule has 0 bridgehead atoms. The quantitative estimate of drug-likeness (QED) is 0.795. The van der Waals surface area contributed by atoms with E-state index < -0.39 is 10.1 Å². The first-order valence-electron chi connectivity index (χ1n) is 5.95. The van der Waals surface area contributed by atoms with E-state index >= 15 is 0 Å². The molecule has 0 amide bonds. The minimum absolute atomic E-state index is 0.237. The molecule has 18 heavy (non-hydrogen) atoms. The van der Waals surface area contributed by atoms with Crippen LogP contribution in [0.1, 0.15) is 20.3 Å². The molecule has 0 saturated heterocycles. The van der Waals surface area contributed by atoms with Crippen molar-refractivity contribution >= 4 is 20.9 Å². The van der Waals surface area contributed by atoms with Crippen LogP contribution in [0.3, 0.4) is 0 Å². The molecule has 1 atom stereocenters. The minimum atomic E-state index is -3.70. The van der Waals surface area contributed by atoms with E-state index in [-0.39, 0.29) is 11.0 Å². The Balaban J connectivity index is 2.54. The second-order valence-corrected chi connectivity index (χ2v) is 5.79. The lowest BCUT2D eigenvalue weighted by Crippen LogP contribution is -2.14. The number of rotatable bonds is 4. The Hall–Kier alpha value is -1.39. The van der Waals surface area contributed by atoms with Crippen LogP contribution >= 0.6 is 0 Å². The van der Waals surface area contributed by atoms with Gasteiger partial charge in [-0.1, -0.05) is 43.3 Å². The van der Waals surface area contributed by atoms with Crippen molar-refractivity contribution < 1.29 is 12.6 Å². The standard InChI is InChI=1S/C14H16O3S/c1-3-11(2)17-18(15,16)14-10-6-8-12-7-4-5-9-13(12)14/h4-11H,3H2,1-2H3. The first-order valence-corrected chi connectivity index (χ1v) is 7.36. The number of hydrogen-bond acceptors (Lipinski definition) is 3. The van der Waals surface area contributed by atoms with E-state index in [4.69, 9.17) is 4.18 Å². The monoisotopic (exact) mass is 264 g/mol. The maximum absolute atomic E-state index is 12.2. The van der Waals surface area contributed by atoms with Crippen LogP contribution in [-0.4, -0.2) is 14.5 Å². The van der Waals surface area contributed by atoms with Gasteiger partial charge < -0.3 is 0 Å². The molecule has 2 rings (SSSR count). The summed E-state index contributed by atoms with van der Waals surface area (Å²) < 4.78 is 29.5. The summed E-state index contributed by atoms with van der Waals surface area (Å²) in [7, 11) is -3.70. The summed E-state index contributed by atoms with van der Waals surface area (Å²) in [5, 5.41) is 1.59. The van der Waals surface area contributed by atoms with E-state index in [0.29, 0.717) is 11.8 Å². The van der Waals surface area contributed by atoms with E-state index in [9.17, 15) is 8.42 Å². The first-order chi connectivity index (χ1) is 8.54. The number of hydrogen-bond donors (Lipinski definition) is 0. The molecule has 0 spiro atoms. The van der Waals surface area contributed by atoms with Crippen LogP contribution in [0.15, 0.2) is 47.4 Å². The van der Waals surface area contributed by atoms with Crippen molar-refractivity contribution in [2.24, 2.45) is 0 Å². The van der Waals surface area contributed by atoms with Crippen molar-refractivity contribution in [1.29, 1.82) is 0 Å². The Morgan fingerprint density at radius 1 is 1.11 bits per heavy atom. The van der Waals surface area contributed by atoms with Gasteiger partial charge in [-0.15, -0.1) is 0 Å². The molecule has 1 unspecified atom stereocenters. The Morgan fingerprint density at radius 3 is 2.50 bits per heavy atom. The van der Waals surface area contributed by atoms with Crippen molar-refractivity contribution in [1.82, 2.24) is 0 Å². The molecule has 0 fully saturated rings. The third-order valence-electron chi connectivity index (χ3n) is 2.88. The van der Waals surface area contributed by atoms with E-state index in [1.165, 1.54) is 0 Å². The smallest absolute Gasteiger partial charge is 0.263 e. The second-order valence-electron chi connectivity index (χ2n) is 4.25. The number of benzene rings is 2. The Morgan fingerprint density at radius 2 is 1.78 bits per heavy atom. The zero-order chi connectivity index (χ0) is 13.2. The summed E-state index contributed by atoms with van der Waals surface area (Å²) in [6.07, 6.45) is 0.346. The van der Waals surface area contributed by atoms with Crippen LogP contribution in [0.25, 0.3) is 10.8 Å². The highest BCUT2D eigenvalue weighted by molar-refractivity contribution is 7.87. The van der Waals surface area contributed by atoms with Gasteiger partial charge in [0.1, 0.15) is 4.90 Å². The normalized spacial score (nSPS) is 13.7. The molecule has 2 aromatic rings. The molecule has 2 aromatic carbocycles. The van der Waals surface area contributed by atoms with Gasteiger partial charge in [-0.3, -0.25) is 4.18 Å². The largest absolute Gasteiger partial charge is 0.297 e. The van der Waals surface area contributed by atoms with Crippen LogP contribution in [0.4, 0.5) is 0 Å². The highest BCUT2D eigenvalue weighted by atomic mass is 32.2. The molecule has 0 aliphatic carbocycles. The molecule has 0 saturated carbocycles. The fourth-order valence-electron chi connectivity index (χ4n) is 1.75. The van der Waals surface area contributed by atoms with E-state index in [2.05, 4.69) is 0 Å². The molecule has 3 nitrogen and oxygen atoms in total. The molecule has 96 valence electrons. The molecular weight excluding hydrogens is 248 g/mol. The molecule has 4 heteroatoms. The maximum atomic E-state index is 12.2. The van der Waals surface area contributed by atoms with Gasteiger partial charge >= 0.3 is 0 Å². The van der Waals surface area contributed by atoms with E-state index in [1.807, 2.05) is 31.2 Å². The molecule has 0 radical (unpaired) electrons. The fourth-order valence-corrected chi connectivity index (χ4v) is 3.12. The summed E-state index contributed by atoms with van der Waals surface area (Å²) in [6.45, 7) is 3.64. The molecule has 0 aliphatic rings. The van der Waals surface area contributed by atoms with Crippen LogP contribution in [0, 0.1) is 0 Å². The first kappa shape index (κ1) is 13.1. The van der Waals surface area contributed by atoms with Gasteiger partial charge in [0.15, 0.2) is 0 Å². The van der Waals surface area contributed by atoms with Gasteiger partial charge in [0.25, 0.3) is 10.1 Å². The van der Waals surface area contributed by atoms with Crippen LogP contribution < -0.4 is 0 Å². The lowest BCUT2D eigenvalue weighted by Gasteiger charge is -2.12. The van der Waals surface area contributed by atoms with E-state index in [1.54, 1.807) is 25.1 Å². The summed E-state index contributed by atoms with van der Waals surface area (Å²) in [4.78, 5) is 0.237. The van der Waals surface area contributed by atoms with Crippen molar-refractivity contribution in [2.45, 2.75) is 31.3 Å².